The fourth-order valence-corrected chi connectivity index (χ4v) is 1.12. The number of hydrogen-bond donors (Lipinski definition) is 2. The van der Waals surface area contributed by atoms with Gasteiger partial charge in [0.2, 0.25) is 0 Å². The summed E-state index contributed by atoms with van der Waals surface area (Å²) in [6.07, 6.45) is 2.49. The van der Waals surface area contributed by atoms with E-state index in [1.807, 2.05) is 0 Å². The molecule has 7 heteroatoms. The van der Waals surface area contributed by atoms with Crippen molar-refractivity contribution in [3.63, 3.8) is 0 Å². The molecule has 0 saturated carbocycles. The lowest BCUT2D eigenvalue weighted by molar-refractivity contribution is 0.100. The van der Waals surface area contributed by atoms with Gasteiger partial charge in [-0.15, -0.1) is 5.10 Å². The van der Waals surface area contributed by atoms with E-state index in [0.29, 0.717) is 0 Å². The smallest absolute Gasteiger partial charge is 0.275 e. The molecule has 16 heavy (non-hydrogen) atoms. The van der Waals surface area contributed by atoms with Crippen LogP contribution >= 0.6 is 0 Å². The van der Waals surface area contributed by atoms with Gasteiger partial charge >= 0.3 is 0 Å². The molecule has 0 spiro atoms. The second-order valence-corrected chi connectivity index (χ2v) is 2.94. The van der Waals surface area contributed by atoms with Crippen LogP contribution in [-0.4, -0.2) is 25.9 Å². The molecule has 0 bridgehead atoms. The molecule has 0 unspecified atom stereocenters. The van der Waals surface area contributed by atoms with Crippen LogP contribution < -0.4 is 5.43 Å². The summed E-state index contributed by atoms with van der Waals surface area (Å²) < 4.78 is 12.9. The summed E-state index contributed by atoms with van der Waals surface area (Å²) in [5.41, 5.74) is 2.11. The number of phenolic OH excluding ortho intramolecular Hbond substituents is 1. The predicted octanol–water partition coefficient (Wildman–Crippen LogP) is 0.507. The van der Waals surface area contributed by atoms with E-state index in [1.165, 1.54) is 12.7 Å². The first-order valence-electron chi connectivity index (χ1n) is 4.31. The Morgan fingerprint density at radius 1 is 1.50 bits per heavy atom. The summed E-state index contributed by atoms with van der Waals surface area (Å²) >= 11 is 0. The van der Waals surface area contributed by atoms with Gasteiger partial charge in [-0.3, -0.25) is 4.79 Å². The van der Waals surface area contributed by atoms with Crippen molar-refractivity contribution in [2.24, 2.45) is 0 Å². The van der Waals surface area contributed by atoms with E-state index in [0.717, 1.165) is 23.0 Å². The van der Waals surface area contributed by atoms with Crippen molar-refractivity contribution >= 4 is 5.91 Å². The molecular formula is C9H7FN4O2. The Bertz CT molecular complexity index is 512. The molecule has 0 aliphatic rings. The molecule has 0 aliphatic heterocycles. The molecule has 1 aromatic carbocycles. The van der Waals surface area contributed by atoms with Crippen molar-refractivity contribution in [1.29, 1.82) is 0 Å². The van der Waals surface area contributed by atoms with Gasteiger partial charge in [-0.05, 0) is 18.2 Å². The summed E-state index contributed by atoms with van der Waals surface area (Å²) in [7, 11) is 0. The molecule has 0 radical (unpaired) electrons. The fourth-order valence-electron chi connectivity index (χ4n) is 1.12. The number of carbonyl (C=O) groups excluding carboxylic acids is 1. The van der Waals surface area contributed by atoms with Crippen molar-refractivity contribution < 1.29 is 14.3 Å². The number of aromatic nitrogens is 3. The minimum Gasteiger partial charge on any atom is -0.507 e. The van der Waals surface area contributed by atoms with Gasteiger partial charge in [0, 0.05) is 0 Å². The zero-order valence-electron chi connectivity index (χ0n) is 7.96. The van der Waals surface area contributed by atoms with Crippen LogP contribution in [0.5, 0.6) is 5.75 Å². The third-order valence-electron chi connectivity index (χ3n) is 1.84. The number of benzene rings is 1. The molecule has 0 saturated heterocycles. The largest absolute Gasteiger partial charge is 0.507 e. The minimum atomic E-state index is -0.678. The normalized spacial score (nSPS) is 10.1. The number of nitrogens with one attached hydrogen (secondary N) is 1. The van der Waals surface area contributed by atoms with Crippen molar-refractivity contribution in [2.45, 2.75) is 0 Å². The predicted molar refractivity (Wildman–Crippen MR) is 51.8 cm³/mol. The summed E-state index contributed by atoms with van der Waals surface area (Å²) in [5.74, 6) is -1.59. The summed E-state index contributed by atoms with van der Waals surface area (Å²) in [6, 6.07) is 3.09. The molecule has 2 N–H and O–H groups in total. The van der Waals surface area contributed by atoms with E-state index in [1.54, 1.807) is 0 Å². The van der Waals surface area contributed by atoms with Crippen LogP contribution in [-0.2, 0) is 0 Å². The lowest BCUT2D eigenvalue weighted by Crippen LogP contribution is -2.23. The van der Waals surface area contributed by atoms with Crippen LogP contribution in [0, 0.1) is 5.82 Å². The Morgan fingerprint density at radius 3 is 3.00 bits per heavy atom. The Morgan fingerprint density at radius 2 is 2.31 bits per heavy atom. The van der Waals surface area contributed by atoms with Crippen molar-refractivity contribution in [3.05, 3.63) is 42.2 Å². The quantitative estimate of drug-likeness (QED) is 0.775. The first-order chi connectivity index (χ1) is 7.66. The van der Waals surface area contributed by atoms with E-state index in [9.17, 15) is 14.3 Å². The number of nitrogens with zero attached hydrogens (tertiary/aromatic N) is 3. The molecule has 0 fully saturated rings. The van der Waals surface area contributed by atoms with E-state index < -0.39 is 11.7 Å². The first kappa shape index (κ1) is 10.1. The van der Waals surface area contributed by atoms with Gasteiger partial charge in [0.25, 0.3) is 5.91 Å². The summed E-state index contributed by atoms with van der Waals surface area (Å²) in [4.78, 5) is 16.2. The van der Waals surface area contributed by atoms with Gasteiger partial charge in [0.1, 0.15) is 24.2 Å². The third-order valence-corrected chi connectivity index (χ3v) is 1.84. The van der Waals surface area contributed by atoms with Crippen molar-refractivity contribution in [1.82, 2.24) is 14.9 Å². The average Bonchev–Trinajstić information content (AvgIpc) is 2.74. The Hall–Kier alpha value is -2.44. The molecule has 1 amide bonds. The number of hydrogen-bond acceptors (Lipinski definition) is 4. The molecule has 0 atom stereocenters. The SMILES string of the molecule is O=C(Nn1cncn1)c1cc(F)ccc1O. The topological polar surface area (TPSA) is 80.0 Å². The maximum absolute atomic E-state index is 12.9. The standard InChI is InChI=1S/C9H7FN4O2/c10-6-1-2-8(15)7(3-6)9(16)13-14-5-11-4-12-14/h1-5,15H,(H,13,16). The molecule has 82 valence electrons. The number of amides is 1. The molecule has 2 aromatic rings. The zero-order chi connectivity index (χ0) is 11.5. The number of halogens is 1. The molecular weight excluding hydrogens is 215 g/mol. The molecule has 0 aliphatic carbocycles. The minimum absolute atomic E-state index is 0.171. The Labute approximate surface area is 89.3 Å². The van der Waals surface area contributed by atoms with Crippen LogP contribution in [0.4, 0.5) is 4.39 Å². The highest BCUT2D eigenvalue weighted by atomic mass is 19.1. The summed E-state index contributed by atoms with van der Waals surface area (Å²) in [6.45, 7) is 0. The highest BCUT2D eigenvalue weighted by Crippen LogP contribution is 2.17. The van der Waals surface area contributed by atoms with Gasteiger partial charge in [-0.1, -0.05) is 0 Å². The van der Waals surface area contributed by atoms with Gasteiger partial charge in [0.15, 0.2) is 0 Å². The lowest BCUT2D eigenvalue weighted by atomic mass is 10.2. The van der Waals surface area contributed by atoms with E-state index in [-0.39, 0.29) is 11.3 Å². The fraction of sp³-hybridized carbons (Fsp3) is 0. The average molecular weight is 222 g/mol. The van der Waals surface area contributed by atoms with Gasteiger partial charge < -0.3 is 5.11 Å². The highest BCUT2D eigenvalue weighted by molar-refractivity contribution is 6.02. The van der Waals surface area contributed by atoms with E-state index >= 15 is 0 Å². The second-order valence-electron chi connectivity index (χ2n) is 2.94. The van der Waals surface area contributed by atoms with Gasteiger partial charge in [0.05, 0.1) is 5.56 Å². The number of aromatic hydroxyl groups is 1. The molecule has 1 aromatic heterocycles. The van der Waals surface area contributed by atoms with Crippen molar-refractivity contribution in [3.8, 4) is 5.75 Å². The van der Waals surface area contributed by atoms with Crippen LogP contribution in [0.25, 0.3) is 0 Å². The van der Waals surface area contributed by atoms with E-state index in [2.05, 4.69) is 15.5 Å². The van der Waals surface area contributed by atoms with Crippen LogP contribution in [0.1, 0.15) is 10.4 Å². The van der Waals surface area contributed by atoms with Crippen LogP contribution in [0.2, 0.25) is 0 Å². The molecule has 6 nitrogen and oxygen atoms in total. The maximum Gasteiger partial charge on any atom is 0.275 e. The molecule has 2 rings (SSSR count). The molecule has 1 heterocycles. The number of rotatable bonds is 2. The van der Waals surface area contributed by atoms with Crippen LogP contribution in [0.15, 0.2) is 30.9 Å². The number of phenols is 1. The monoisotopic (exact) mass is 222 g/mol. The Balaban J connectivity index is 2.24. The van der Waals surface area contributed by atoms with Gasteiger partial charge in [-0.25, -0.2) is 14.8 Å². The second kappa shape index (κ2) is 3.97. The number of carbonyl (C=O) groups is 1. The Kier molecular flexibility index (Phi) is 2.50. The first-order valence-corrected chi connectivity index (χ1v) is 4.31. The van der Waals surface area contributed by atoms with E-state index in [4.69, 9.17) is 0 Å². The maximum atomic E-state index is 12.9. The lowest BCUT2D eigenvalue weighted by Gasteiger charge is -2.05. The third kappa shape index (κ3) is 1.97. The van der Waals surface area contributed by atoms with Crippen molar-refractivity contribution in [2.75, 3.05) is 5.43 Å². The highest BCUT2D eigenvalue weighted by Gasteiger charge is 2.12. The zero-order valence-corrected chi connectivity index (χ0v) is 7.96. The van der Waals surface area contributed by atoms with Crippen LogP contribution in [0.3, 0.4) is 0 Å². The van der Waals surface area contributed by atoms with Gasteiger partial charge in [-0.2, -0.15) is 4.79 Å². The summed E-state index contributed by atoms with van der Waals surface area (Å²) in [5, 5.41) is 13.0.